The molecule has 1 aromatic heterocycles. The summed E-state index contributed by atoms with van der Waals surface area (Å²) in [5, 5.41) is 7.01. The second kappa shape index (κ2) is 8.13. The van der Waals surface area contributed by atoms with Crippen LogP contribution in [-0.2, 0) is 12.0 Å². The van der Waals surface area contributed by atoms with Crippen molar-refractivity contribution in [3.8, 4) is 5.88 Å². The van der Waals surface area contributed by atoms with Crippen LogP contribution in [0.25, 0.3) is 0 Å². The number of anilines is 3. The van der Waals surface area contributed by atoms with Crippen LogP contribution in [0.3, 0.4) is 0 Å². The van der Waals surface area contributed by atoms with Gasteiger partial charge in [-0.2, -0.15) is 4.98 Å². The van der Waals surface area contributed by atoms with Crippen molar-refractivity contribution in [3.63, 3.8) is 0 Å². The summed E-state index contributed by atoms with van der Waals surface area (Å²) < 4.78 is 20.6. The predicted molar refractivity (Wildman–Crippen MR) is 125 cm³/mol. The fourth-order valence-electron chi connectivity index (χ4n) is 4.29. The van der Waals surface area contributed by atoms with Crippen molar-refractivity contribution < 1.29 is 13.9 Å². The lowest BCUT2D eigenvalue weighted by molar-refractivity contribution is 0.0932. The van der Waals surface area contributed by atoms with Gasteiger partial charge in [0.25, 0.3) is 5.91 Å². The highest BCUT2D eigenvalue weighted by Crippen LogP contribution is 2.37. The molecule has 0 fully saturated rings. The Morgan fingerprint density at radius 2 is 2.00 bits per heavy atom. The van der Waals surface area contributed by atoms with Gasteiger partial charge in [-0.3, -0.25) is 9.69 Å². The molecule has 2 aliphatic rings. The molecule has 0 radical (unpaired) electrons. The van der Waals surface area contributed by atoms with Crippen LogP contribution >= 0.6 is 23.2 Å². The molecular formula is C23H20Cl2FN5O2. The van der Waals surface area contributed by atoms with E-state index in [0.717, 1.165) is 12.1 Å². The van der Waals surface area contributed by atoms with Gasteiger partial charge in [0.2, 0.25) is 11.8 Å². The van der Waals surface area contributed by atoms with Crippen LogP contribution in [0.2, 0.25) is 10.0 Å². The lowest BCUT2D eigenvalue weighted by Crippen LogP contribution is -2.43. The van der Waals surface area contributed by atoms with Crippen LogP contribution in [-0.4, -0.2) is 29.2 Å². The van der Waals surface area contributed by atoms with Gasteiger partial charge in [-0.15, -0.1) is 0 Å². The van der Waals surface area contributed by atoms with E-state index in [0.29, 0.717) is 33.4 Å². The first-order valence-corrected chi connectivity index (χ1v) is 11.1. The molecule has 7 nitrogen and oxygen atoms in total. The van der Waals surface area contributed by atoms with Gasteiger partial charge in [0, 0.05) is 23.0 Å². The molecule has 0 saturated carbocycles. The molecule has 3 aromatic rings. The highest BCUT2D eigenvalue weighted by molar-refractivity contribution is 6.40. The summed E-state index contributed by atoms with van der Waals surface area (Å²) in [7, 11) is 0. The Bertz CT molecular complexity index is 1260. The van der Waals surface area contributed by atoms with Crippen LogP contribution in [0.5, 0.6) is 5.88 Å². The number of hydrogen-bond acceptors (Lipinski definition) is 6. The number of nitrogens with one attached hydrogen (secondary N) is 2. The summed E-state index contributed by atoms with van der Waals surface area (Å²) in [6.45, 7) is 4.57. The minimum absolute atomic E-state index is 0.110. The number of fused-ring (bicyclic) bond motifs is 2. The summed E-state index contributed by atoms with van der Waals surface area (Å²) in [6.07, 6.45) is 2.08. The Morgan fingerprint density at radius 3 is 2.76 bits per heavy atom. The van der Waals surface area contributed by atoms with Gasteiger partial charge < -0.3 is 15.4 Å². The number of para-hydroxylation sites is 1. The number of ether oxygens (including phenoxy) is 1. The smallest absolute Gasteiger partial charge is 0.268 e. The van der Waals surface area contributed by atoms with Crippen LogP contribution in [0, 0.1) is 5.82 Å². The molecule has 2 aliphatic heterocycles. The lowest BCUT2D eigenvalue weighted by atomic mass is 9.84. The molecule has 0 aliphatic carbocycles. The highest BCUT2D eigenvalue weighted by Gasteiger charge is 2.32. The van der Waals surface area contributed by atoms with Crippen LogP contribution in [0.4, 0.5) is 21.7 Å². The molecule has 0 unspecified atom stereocenters. The summed E-state index contributed by atoms with van der Waals surface area (Å²) >= 11 is 12.5. The molecule has 33 heavy (non-hydrogen) atoms. The maximum atomic E-state index is 14.9. The van der Waals surface area contributed by atoms with E-state index in [1.165, 1.54) is 17.2 Å². The molecule has 3 heterocycles. The number of carbonyl (C=O) groups is 1. The number of amides is 1. The van der Waals surface area contributed by atoms with Crippen molar-refractivity contribution in [1.29, 1.82) is 0 Å². The molecule has 0 saturated heterocycles. The topological polar surface area (TPSA) is 79.4 Å². The average molecular weight is 488 g/mol. The van der Waals surface area contributed by atoms with Crippen molar-refractivity contribution in [1.82, 2.24) is 15.3 Å². The van der Waals surface area contributed by atoms with Crippen molar-refractivity contribution in [2.75, 3.05) is 23.5 Å². The van der Waals surface area contributed by atoms with Gasteiger partial charge in [0.05, 0.1) is 15.7 Å². The average Bonchev–Trinajstić information content (AvgIpc) is 2.74. The van der Waals surface area contributed by atoms with Crippen LogP contribution in [0.1, 0.15) is 35.3 Å². The third-order valence-corrected chi connectivity index (χ3v) is 6.39. The molecular weight excluding hydrogens is 468 g/mol. The monoisotopic (exact) mass is 487 g/mol. The van der Waals surface area contributed by atoms with Crippen molar-refractivity contribution >= 4 is 46.4 Å². The zero-order chi connectivity index (χ0) is 23.3. The fraction of sp³-hybridized carbons (Fsp3) is 0.261. The summed E-state index contributed by atoms with van der Waals surface area (Å²) in [5.74, 6) is -0.366. The zero-order valence-electron chi connectivity index (χ0n) is 17.9. The van der Waals surface area contributed by atoms with E-state index in [9.17, 15) is 9.18 Å². The van der Waals surface area contributed by atoms with E-state index in [4.69, 9.17) is 27.9 Å². The molecule has 0 atom stereocenters. The van der Waals surface area contributed by atoms with E-state index in [1.54, 1.807) is 18.2 Å². The zero-order valence-corrected chi connectivity index (χ0v) is 19.4. The molecule has 1 amide bonds. The fourth-order valence-corrected chi connectivity index (χ4v) is 4.89. The van der Waals surface area contributed by atoms with E-state index in [-0.39, 0.29) is 35.8 Å². The van der Waals surface area contributed by atoms with Crippen LogP contribution in [0.15, 0.2) is 36.5 Å². The first-order chi connectivity index (χ1) is 15.7. The predicted octanol–water partition coefficient (Wildman–Crippen LogP) is 5.04. The number of nitrogens with zero attached hydrogens (tertiary/aromatic N) is 3. The molecule has 10 heteroatoms. The molecule has 0 spiro atoms. The number of rotatable bonds is 3. The lowest BCUT2D eigenvalue weighted by Gasteiger charge is -2.34. The summed E-state index contributed by atoms with van der Waals surface area (Å²) in [6, 6.07) is 8.30. The molecule has 2 aromatic carbocycles. The molecule has 170 valence electrons. The second-order valence-corrected chi connectivity index (χ2v) is 9.22. The number of carbonyl (C=O) groups excluding carboxylic acids is 1. The van der Waals surface area contributed by atoms with E-state index >= 15 is 0 Å². The quantitative estimate of drug-likeness (QED) is 0.538. The van der Waals surface area contributed by atoms with Gasteiger partial charge in [-0.05, 0) is 56.6 Å². The Morgan fingerprint density at radius 1 is 1.24 bits per heavy atom. The Balaban J connectivity index is 1.42. The second-order valence-electron chi connectivity index (χ2n) is 8.41. The number of benzene rings is 2. The van der Waals surface area contributed by atoms with E-state index in [2.05, 4.69) is 20.6 Å². The van der Waals surface area contributed by atoms with Crippen molar-refractivity contribution in [2.24, 2.45) is 0 Å². The molecule has 2 N–H and O–H groups in total. The Hall–Kier alpha value is -2.94. The normalized spacial score (nSPS) is 16.6. The largest absolute Gasteiger partial charge is 0.455 e. The maximum absolute atomic E-state index is 14.9. The third kappa shape index (κ3) is 3.88. The van der Waals surface area contributed by atoms with Crippen LogP contribution < -0.4 is 20.3 Å². The maximum Gasteiger partial charge on any atom is 0.268 e. The first-order valence-electron chi connectivity index (χ1n) is 10.4. The third-order valence-electron chi connectivity index (χ3n) is 5.78. The number of aromatic nitrogens is 2. The molecule has 0 bridgehead atoms. The van der Waals surface area contributed by atoms with Gasteiger partial charge in [0.1, 0.15) is 11.4 Å². The van der Waals surface area contributed by atoms with Gasteiger partial charge in [-0.1, -0.05) is 29.3 Å². The van der Waals surface area contributed by atoms with Crippen molar-refractivity contribution in [2.45, 2.75) is 25.8 Å². The number of halogens is 3. The number of hydrogen-bond donors (Lipinski definition) is 2. The highest BCUT2D eigenvalue weighted by atomic mass is 35.5. The van der Waals surface area contributed by atoms with E-state index in [1.807, 2.05) is 19.9 Å². The SMILES string of the molecule is CC1(C)NCCc2cc(Nc3ncc4c(n3)OCN(c3c(Cl)cccc3Cl)C4=O)cc(F)c21. The van der Waals surface area contributed by atoms with E-state index < -0.39 is 5.54 Å². The van der Waals surface area contributed by atoms with Gasteiger partial charge >= 0.3 is 0 Å². The summed E-state index contributed by atoms with van der Waals surface area (Å²) in [5.41, 5.74) is 2.21. The van der Waals surface area contributed by atoms with Gasteiger partial charge in [-0.25, -0.2) is 9.37 Å². The Kier molecular flexibility index (Phi) is 5.39. The molecule has 5 rings (SSSR count). The standard InChI is InChI=1S/C23H20Cl2FN5O2/c1-23(2)18-12(6-7-28-23)8-13(9-17(18)26)29-22-27-10-14-20(30-22)33-11-31(21(14)32)19-15(24)4-3-5-16(19)25/h3-5,8-10,28H,6-7,11H2,1-2H3,(H,27,29,30). The first kappa shape index (κ1) is 21.9. The minimum Gasteiger partial charge on any atom is -0.455 e. The van der Waals surface area contributed by atoms with Crippen molar-refractivity contribution in [3.05, 3.63) is 69.1 Å². The van der Waals surface area contributed by atoms with Gasteiger partial charge in [0.15, 0.2) is 6.73 Å². The minimum atomic E-state index is -0.441. The Labute approximate surface area is 199 Å². The summed E-state index contributed by atoms with van der Waals surface area (Å²) in [4.78, 5) is 22.9.